The summed E-state index contributed by atoms with van der Waals surface area (Å²) in [5.41, 5.74) is 8.51. The molecule has 2 N–H and O–H groups in total. The van der Waals surface area contributed by atoms with E-state index >= 15 is 0 Å². The van der Waals surface area contributed by atoms with Gasteiger partial charge in [-0.1, -0.05) is 12.1 Å². The lowest BCUT2D eigenvalue weighted by Crippen LogP contribution is -2.36. The molecule has 26 heavy (non-hydrogen) atoms. The number of nitrogen functional groups attached to an aromatic ring is 1. The first-order valence-corrected chi connectivity index (χ1v) is 9.90. The summed E-state index contributed by atoms with van der Waals surface area (Å²) in [6.45, 7) is 0.544. The van der Waals surface area contributed by atoms with Crippen molar-refractivity contribution >= 4 is 32.7 Å². The topological polar surface area (TPSA) is 111 Å². The lowest BCUT2D eigenvalue weighted by atomic mass is 9.98. The number of hydrogen-bond acceptors (Lipinski definition) is 6. The molecule has 1 aliphatic rings. The molecule has 9 heteroatoms. The summed E-state index contributed by atoms with van der Waals surface area (Å²) in [6, 6.07) is 7.24. The standard InChI is InChI=1S/C17H17N5O3S/c1-26(24,25)21-7-6-12-11(10-21)8-19-9-14(12)17(23)22-15-5-3-2-4-13(15)16(18)20-22/h2-5,8-9H,6-7,10H2,1H3,(H2,18,20). The van der Waals surface area contributed by atoms with Crippen LogP contribution in [0.1, 0.15) is 21.5 Å². The molecule has 3 aromatic rings. The Labute approximate surface area is 150 Å². The Morgan fingerprint density at radius 1 is 1.23 bits per heavy atom. The number of fused-ring (bicyclic) bond motifs is 2. The second kappa shape index (κ2) is 5.89. The molecule has 0 saturated heterocycles. The van der Waals surface area contributed by atoms with Gasteiger partial charge in [-0.25, -0.2) is 8.42 Å². The van der Waals surface area contributed by atoms with Crippen molar-refractivity contribution in [3.05, 3.63) is 53.3 Å². The van der Waals surface area contributed by atoms with Crippen molar-refractivity contribution in [1.82, 2.24) is 19.1 Å². The summed E-state index contributed by atoms with van der Waals surface area (Å²) >= 11 is 0. The minimum Gasteiger partial charge on any atom is -0.382 e. The number of benzene rings is 1. The third kappa shape index (κ3) is 2.65. The number of sulfonamides is 1. The Hall–Kier alpha value is -2.78. The van der Waals surface area contributed by atoms with Gasteiger partial charge in [0.05, 0.1) is 17.3 Å². The normalized spacial score (nSPS) is 15.1. The first-order valence-electron chi connectivity index (χ1n) is 8.05. The average molecular weight is 371 g/mol. The maximum Gasteiger partial charge on any atom is 0.280 e. The predicted molar refractivity (Wildman–Crippen MR) is 97.1 cm³/mol. The molecule has 1 aliphatic heterocycles. The van der Waals surface area contributed by atoms with E-state index in [1.165, 1.54) is 21.4 Å². The molecular formula is C17H17N5O3S. The van der Waals surface area contributed by atoms with Gasteiger partial charge in [-0.15, -0.1) is 5.10 Å². The van der Waals surface area contributed by atoms with Crippen molar-refractivity contribution in [2.75, 3.05) is 18.5 Å². The summed E-state index contributed by atoms with van der Waals surface area (Å²) in [7, 11) is -3.29. The highest BCUT2D eigenvalue weighted by Crippen LogP contribution is 2.26. The van der Waals surface area contributed by atoms with Gasteiger partial charge in [-0.05, 0) is 29.7 Å². The fourth-order valence-electron chi connectivity index (χ4n) is 3.29. The molecule has 2 aromatic heterocycles. The molecule has 134 valence electrons. The monoisotopic (exact) mass is 371 g/mol. The smallest absolute Gasteiger partial charge is 0.280 e. The summed E-state index contributed by atoms with van der Waals surface area (Å²) in [4.78, 5) is 17.2. The maximum atomic E-state index is 13.1. The van der Waals surface area contributed by atoms with Gasteiger partial charge in [-0.2, -0.15) is 8.99 Å². The number of aromatic nitrogens is 3. The molecular weight excluding hydrogens is 354 g/mol. The number of hydrogen-bond donors (Lipinski definition) is 1. The molecule has 3 heterocycles. The average Bonchev–Trinajstić information content (AvgIpc) is 2.96. The lowest BCUT2D eigenvalue weighted by molar-refractivity contribution is 0.0949. The number of para-hydroxylation sites is 1. The van der Waals surface area contributed by atoms with E-state index in [4.69, 9.17) is 5.73 Å². The zero-order valence-corrected chi connectivity index (χ0v) is 14.9. The van der Waals surface area contributed by atoms with Gasteiger partial charge in [0.2, 0.25) is 10.0 Å². The van der Waals surface area contributed by atoms with Crippen molar-refractivity contribution in [2.45, 2.75) is 13.0 Å². The van der Waals surface area contributed by atoms with Crippen LogP contribution in [0.3, 0.4) is 0 Å². The van der Waals surface area contributed by atoms with Crippen LogP contribution in [0.15, 0.2) is 36.7 Å². The van der Waals surface area contributed by atoms with Crippen LogP contribution in [0, 0.1) is 0 Å². The number of rotatable bonds is 2. The predicted octanol–water partition coefficient (Wildman–Crippen LogP) is 1.02. The quantitative estimate of drug-likeness (QED) is 0.720. The van der Waals surface area contributed by atoms with Crippen molar-refractivity contribution < 1.29 is 13.2 Å². The van der Waals surface area contributed by atoms with E-state index in [2.05, 4.69) is 10.1 Å². The summed E-state index contributed by atoms with van der Waals surface area (Å²) in [5, 5.41) is 4.89. The second-order valence-corrected chi connectivity index (χ2v) is 8.27. The zero-order valence-electron chi connectivity index (χ0n) is 14.1. The summed E-state index contributed by atoms with van der Waals surface area (Å²) in [5.74, 6) is -0.0370. The van der Waals surface area contributed by atoms with Gasteiger partial charge in [0, 0.05) is 30.9 Å². The van der Waals surface area contributed by atoms with Crippen LogP contribution in [0.4, 0.5) is 5.82 Å². The Bertz CT molecular complexity index is 1140. The molecule has 0 atom stereocenters. The van der Waals surface area contributed by atoms with Crippen LogP contribution in [0.5, 0.6) is 0 Å². The SMILES string of the molecule is CS(=O)(=O)N1CCc2c(cncc2C(=O)n2nc(N)c3ccccc32)C1. The second-order valence-electron chi connectivity index (χ2n) is 6.29. The maximum absolute atomic E-state index is 13.1. The molecule has 8 nitrogen and oxygen atoms in total. The fraction of sp³-hybridized carbons (Fsp3) is 0.235. The number of nitrogens with two attached hydrogens (primary N) is 1. The van der Waals surface area contributed by atoms with Crippen molar-refractivity contribution in [1.29, 1.82) is 0 Å². The van der Waals surface area contributed by atoms with Crippen LogP contribution < -0.4 is 5.73 Å². The van der Waals surface area contributed by atoms with Crippen molar-refractivity contribution in [3.8, 4) is 0 Å². The highest BCUT2D eigenvalue weighted by Gasteiger charge is 2.28. The first-order chi connectivity index (χ1) is 12.4. The van der Waals surface area contributed by atoms with E-state index in [9.17, 15) is 13.2 Å². The van der Waals surface area contributed by atoms with Gasteiger partial charge < -0.3 is 5.73 Å². The van der Waals surface area contributed by atoms with E-state index in [0.717, 1.165) is 11.1 Å². The van der Waals surface area contributed by atoms with Crippen LogP contribution in [-0.2, 0) is 23.0 Å². The highest BCUT2D eigenvalue weighted by molar-refractivity contribution is 7.88. The van der Waals surface area contributed by atoms with Gasteiger partial charge in [0.15, 0.2) is 5.82 Å². The summed E-state index contributed by atoms with van der Waals surface area (Å²) in [6.07, 6.45) is 4.74. The molecule has 4 rings (SSSR count). The van der Waals surface area contributed by atoms with E-state index in [-0.39, 0.29) is 18.3 Å². The van der Waals surface area contributed by atoms with Gasteiger partial charge in [-0.3, -0.25) is 9.78 Å². The molecule has 0 amide bonds. The minimum atomic E-state index is -3.29. The molecule has 0 fully saturated rings. The van der Waals surface area contributed by atoms with Gasteiger partial charge >= 0.3 is 0 Å². The molecule has 0 bridgehead atoms. The van der Waals surface area contributed by atoms with Crippen LogP contribution in [0.2, 0.25) is 0 Å². The third-order valence-corrected chi connectivity index (χ3v) is 5.86. The minimum absolute atomic E-state index is 0.213. The number of carbonyl (C=O) groups excluding carboxylic acids is 1. The zero-order chi connectivity index (χ0) is 18.5. The molecule has 0 unspecified atom stereocenters. The van der Waals surface area contributed by atoms with E-state index < -0.39 is 10.0 Å². The number of carbonyl (C=O) groups is 1. The summed E-state index contributed by atoms with van der Waals surface area (Å²) < 4.78 is 26.3. The van der Waals surface area contributed by atoms with E-state index in [1.54, 1.807) is 12.3 Å². The fourth-order valence-corrected chi connectivity index (χ4v) is 4.09. The lowest BCUT2D eigenvalue weighted by Gasteiger charge is -2.27. The first kappa shape index (κ1) is 16.7. The largest absolute Gasteiger partial charge is 0.382 e. The van der Waals surface area contributed by atoms with Crippen molar-refractivity contribution in [2.24, 2.45) is 0 Å². The molecule has 0 saturated carbocycles. The van der Waals surface area contributed by atoms with Crippen LogP contribution >= 0.6 is 0 Å². The Balaban J connectivity index is 1.79. The Kier molecular flexibility index (Phi) is 3.78. The van der Waals surface area contributed by atoms with Gasteiger partial charge in [0.25, 0.3) is 5.91 Å². The van der Waals surface area contributed by atoms with Gasteiger partial charge in [0.1, 0.15) is 0 Å². The van der Waals surface area contributed by atoms with E-state index in [0.29, 0.717) is 29.4 Å². The number of nitrogens with zero attached hydrogens (tertiary/aromatic N) is 4. The number of anilines is 1. The third-order valence-electron chi connectivity index (χ3n) is 4.61. The molecule has 1 aromatic carbocycles. The molecule has 0 spiro atoms. The van der Waals surface area contributed by atoms with Crippen LogP contribution in [-0.4, -0.2) is 46.2 Å². The van der Waals surface area contributed by atoms with Crippen molar-refractivity contribution in [3.63, 3.8) is 0 Å². The van der Waals surface area contributed by atoms with E-state index in [1.807, 2.05) is 18.2 Å². The number of pyridine rings is 1. The molecule has 0 radical (unpaired) electrons. The molecule has 0 aliphatic carbocycles. The Morgan fingerprint density at radius 3 is 2.77 bits per heavy atom. The Morgan fingerprint density at radius 2 is 2.00 bits per heavy atom. The van der Waals surface area contributed by atoms with Crippen LogP contribution in [0.25, 0.3) is 10.9 Å². The highest BCUT2D eigenvalue weighted by atomic mass is 32.2.